The molecule has 160 valence electrons. The molecule has 2 aromatic rings. The lowest BCUT2D eigenvalue weighted by Gasteiger charge is -2.47. The number of carboxylic acid groups (broad SMARTS) is 1. The van der Waals surface area contributed by atoms with Crippen LogP contribution < -0.4 is 0 Å². The Labute approximate surface area is 185 Å². The van der Waals surface area contributed by atoms with Gasteiger partial charge in [-0.05, 0) is 41.8 Å². The second-order valence-corrected chi connectivity index (χ2v) is 8.06. The van der Waals surface area contributed by atoms with Gasteiger partial charge in [0.2, 0.25) is 0 Å². The maximum Gasteiger partial charge on any atom is 0.306 e. The molecule has 8 heteroatoms. The number of carbonyl (C=O) groups is 2. The average Bonchev–Trinajstić information content (AvgIpc) is 2.71. The smallest absolute Gasteiger partial charge is 0.306 e. The number of carboxylic acids is 1. The van der Waals surface area contributed by atoms with Gasteiger partial charge in [-0.15, -0.1) is 0 Å². The number of aliphatic carboxylic acids is 1. The van der Waals surface area contributed by atoms with Gasteiger partial charge in [-0.2, -0.15) is 0 Å². The molecule has 2 N–H and O–H groups in total. The molecule has 0 bridgehead atoms. The lowest BCUT2D eigenvalue weighted by Crippen LogP contribution is -2.56. The molecular formula is C22H23Cl2NO5. The number of halogens is 2. The van der Waals surface area contributed by atoms with Crippen LogP contribution in [-0.4, -0.2) is 45.7 Å². The summed E-state index contributed by atoms with van der Waals surface area (Å²) in [4.78, 5) is 26.2. The monoisotopic (exact) mass is 451 g/mol. The molecule has 1 aliphatic heterocycles. The Morgan fingerprint density at radius 3 is 2.40 bits per heavy atom. The molecule has 6 nitrogen and oxygen atoms in total. The van der Waals surface area contributed by atoms with Gasteiger partial charge in [-0.1, -0.05) is 54.4 Å². The van der Waals surface area contributed by atoms with Crippen molar-refractivity contribution in [1.82, 2.24) is 4.90 Å². The fourth-order valence-corrected chi connectivity index (χ4v) is 4.14. The Morgan fingerprint density at radius 1 is 1.13 bits per heavy atom. The Kier molecular flexibility index (Phi) is 7.36. The summed E-state index contributed by atoms with van der Waals surface area (Å²) in [6.45, 7) is 1.61. The molecule has 1 heterocycles. The summed E-state index contributed by atoms with van der Waals surface area (Å²) < 4.78 is 6.07. The van der Waals surface area contributed by atoms with Crippen LogP contribution in [0.15, 0.2) is 48.5 Å². The first kappa shape index (κ1) is 22.6. The molecule has 3 rings (SSSR count). The fraction of sp³-hybridized carbons (Fsp3) is 0.364. The van der Waals surface area contributed by atoms with E-state index in [0.717, 1.165) is 5.56 Å². The average molecular weight is 452 g/mol. The summed E-state index contributed by atoms with van der Waals surface area (Å²) in [6, 6.07) is 13.0. The van der Waals surface area contributed by atoms with Gasteiger partial charge in [0.25, 0.3) is 5.91 Å². The third-order valence-electron chi connectivity index (χ3n) is 5.25. The van der Waals surface area contributed by atoms with Crippen LogP contribution in [0.2, 0.25) is 10.0 Å². The molecule has 0 saturated carbocycles. The zero-order chi connectivity index (χ0) is 21.8. The molecule has 1 aliphatic rings. The minimum atomic E-state index is -1.17. The highest BCUT2D eigenvalue weighted by Gasteiger charge is 2.46. The number of carbonyl (C=O) groups excluding carboxylic acids is 1. The number of hydrogen-bond donors (Lipinski definition) is 2. The molecule has 0 aliphatic carbocycles. The summed E-state index contributed by atoms with van der Waals surface area (Å²) in [7, 11) is 0. The van der Waals surface area contributed by atoms with Crippen LogP contribution in [-0.2, 0) is 14.3 Å². The van der Waals surface area contributed by atoms with Crippen molar-refractivity contribution in [3.8, 4) is 0 Å². The van der Waals surface area contributed by atoms with E-state index >= 15 is 0 Å². The molecule has 0 aromatic heterocycles. The quantitative estimate of drug-likeness (QED) is 0.656. The summed E-state index contributed by atoms with van der Waals surface area (Å²) in [5, 5.41) is 20.3. The number of rotatable bonds is 7. The van der Waals surface area contributed by atoms with Gasteiger partial charge >= 0.3 is 5.97 Å². The standard InChI is InChI=1S/C22H23Cl2NO5/c1-2-17(12-26)25-20(13-6-8-15(23)9-7-13)21(14-4-3-5-16(24)10-14)30-18(22(25)29)11-19(27)28/h3-10,17-18,20-21,26H,2,11-12H2,1H3,(H,27,28)/t17?,18?,20?,21-/m0/s1. The van der Waals surface area contributed by atoms with Crippen molar-refractivity contribution in [1.29, 1.82) is 0 Å². The maximum absolute atomic E-state index is 13.3. The van der Waals surface area contributed by atoms with E-state index in [-0.39, 0.29) is 6.61 Å². The highest BCUT2D eigenvalue weighted by Crippen LogP contribution is 2.44. The summed E-state index contributed by atoms with van der Waals surface area (Å²) in [5.41, 5.74) is 1.47. The van der Waals surface area contributed by atoms with Gasteiger partial charge in [0.05, 0.1) is 25.1 Å². The van der Waals surface area contributed by atoms with E-state index in [1.807, 2.05) is 13.0 Å². The van der Waals surface area contributed by atoms with Gasteiger partial charge in [0, 0.05) is 10.0 Å². The van der Waals surface area contributed by atoms with E-state index < -0.39 is 42.6 Å². The first-order valence-electron chi connectivity index (χ1n) is 9.66. The number of hydrogen-bond acceptors (Lipinski definition) is 4. The van der Waals surface area contributed by atoms with Crippen molar-refractivity contribution in [2.24, 2.45) is 0 Å². The van der Waals surface area contributed by atoms with Gasteiger partial charge < -0.3 is 19.8 Å². The van der Waals surface area contributed by atoms with E-state index in [2.05, 4.69) is 0 Å². The zero-order valence-electron chi connectivity index (χ0n) is 16.4. The van der Waals surface area contributed by atoms with E-state index in [9.17, 15) is 19.8 Å². The van der Waals surface area contributed by atoms with Crippen LogP contribution >= 0.6 is 23.2 Å². The Hall–Kier alpha value is -2.12. The zero-order valence-corrected chi connectivity index (χ0v) is 17.9. The molecule has 30 heavy (non-hydrogen) atoms. The molecule has 0 spiro atoms. The van der Waals surface area contributed by atoms with Crippen molar-refractivity contribution in [2.75, 3.05) is 6.61 Å². The largest absolute Gasteiger partial charge is 0.481 e. The molecule has 4 atom stereocenters. The second-order valence-electron chi connectivity index (χ2n) is 7.18. The Morgan fingerprint density at radius 2 is 1.83 bits per heavy atom. The minimum absolute atomic E-state index is 0.256. The van der Waals surface area contributed by atoms with Crippen molar-refractivity contribution >= 4 is 35.1 Å². The first-order valence-corrected chi connectivity index (χ1v) is 10.4. The Balaban J connectivity index is 2.16. The SMILES string of the molecule is CCC(CO)N1C(=O)C(CC(=O)O)O[C@@H](c2cccc(Cl)c2)C1c1ccc(Cl)cc1. The molecule has 1 fully saturated rings. The number of benzene rings is 2. The molecule has 1 amide bonds. The second kappa shape index (κ2) is 9.79. The van der Waals surface area contributed by atoms with Gasteiger partial charge in [-0.25, -0.2) is 0 Å². The van der Waals surface area contributed by atoms with Crippen LogP contribution in [0.1, 0.15) is 43.0 Å². The lowest BCUT2D eigenvalue weighted by molar-refractivity contribution is -0.184. The predicted octanol–water partition coefficient (Wildman–Crippen LogP) is 4.25. The number of nitrogens with zero attached hydrogens (tertiary/aromatic N) is 1. The van der Waals surface area contributed by atoms with Crippen LogP contribution in [0.3, 0.4) is 0 Å². The third kappa shape index (κ3) is 4.78. The van der Waals surface area contributed by atoms with E-state index in [1.54, 1.807) is 47.4 Å². The highest BCUT2D eigenvalue weighted by molar-refractivity contribution is 6.30. The lowest BCUT2D eigenvalue weighted by atomic mass is 9.89. The van der Waals surface area contributed by atoms with Crippen molar-refractivity contribution in [3.63, 3.8) is 0 Å². The molecule has 0 radical (unpaired) electrons. The van der Waals surface area contributed by atoms with Crippen molar-refractivity contribution < 1.29 is 24.5 Å². The predicted molar refractivity (Wildman–Crippen MR) is 114 cm³/mol. The first-order chi connectivity index (χ1) is 14.3. The van der Waals surface area contributed by atoms with E-state index in [4.69, 9.17) is 27.9 Å². The number of aliphatic hydroxyl groups is 1. The normalized spacial score (nSPS) is 22.7. The number of morpholine rings is 1. The highest BCUT2D eigenvalue weighted by atomic mass is 35.5. The Bertz CT molecular complexity index is 901. The molecule has 1 saturated heterocycles. The number of ether oxygens (including phenoxy) is 1. The number of aliphatic hydroxyl groups excluding tert-OH is 1. The van der Waals surface area contributed by atoms with E-state index in [0.29, 0.717) is 22.0 Å². The summed E-state index contributed by atoms with van der Waals surface area (Å²) >= 11 is 12.2. The van der Waals surface area contributed by atoms with Gasteiger partial charge in [-0.3, -0.25) is 9.59 Å². The topological polar surface area (TPSA) is 87.1 Å². The van der Waals surface area contributed by atoms with Crippen molar-refractivity contribution in [3.05, 3.63) is 69.7 Å². The third-order valence-corrected chi connectivity index (χ3v) is 5.74. The van der Waals surface area contributed by atoms with Gasteiger partial charge in [0.15, 0.2) is 0 Å². The van der Waals surface area contributed by atoms with Crippen LogP contribution in [0.4, 0.5) is 0 Å². The fourth-order valence-electron chi connectivity index (χ4n) is 3.81. The maximum atomic E-state index is 13.3. The minimum Gasteiger partial charge on any atom is -0.481 e. The van der Waals surface area contributed by atoms with Crippen molar-refractivity contribution in [2.45, 2.75) is 44.1 Å². The van der Waals surface area contributed by atoms with Crippen LogP contribution in [0, 0.1) is 0 Å². The van der Waals surface area contributed by atoms with Gasteiger partial charge in [0.1, 0.15) is 12.2 Å². The van der Waals surface area contributed by atoms with Crippen LogP contribution in [0.5, 0.6) is 0 Å². The molecule has 2 aromatic carbocycles. The molecule has 3 unspecified atom stereocenters. The summed E-state index contributed by atoms with van der Waals surface area (Å²) in [5.74, 6) is -1.60. The van der Waals surface area contributed by atoms with E-state index in [1.165, 1.54) is 0 Å². The van der Waals surface area contributed by atoms with Crippen LogP contribution in [0.25, 0.3) is 0 Å². The molecular weight excluding hydrogens is 429 g/mol. The summed E-state index contributed by atoms with van der Waals surface area (Å²) in [6.07, 6.45) is -1.82. The number of amides is 1.